The van der Waals surface area contributed by atoms with Gasteiger partial charge in [0.25, 0.3) is 0 Å². The van der Waals surface area contributed by atoms with Crippen LogP contribution >= 0.6 is 0 Å². The quantitative estimate of drug-likeness (QED) is 0.319. The fourth-order valence-electron chi connectivity index (χ4n) is 1.51. The molecule has 0 spiro atoms. The summed E-state index contributed by atoms with van der Waals surface area (Å²) in [6.07, 6.45) is 1.55. The van der Waals surface area contributed by atoms with E-state index < -0.39 is 0 Å². The number of hydrogen-bond donors (Lipinski definition) is 2. The molecule has 0 aliphatic heterocycles. The molecule has 0 atom stereocenters. The minimum absolute atomic E-state index is 0.183. The molecule has 0 radical (unpaired) electrons. The first-order valence-electron chi connectivity index (χ1n) is 5.54. The molecule has 7 heteroatoms. The first kappa shape index (κ1) is 13.4. The number of likely N-dealkylation sites (N-methyl/N-ethyl adjacent to an activating group) is 1. The van der Waals surface area contributed by atoms with Gasteiger partial charge in [0.15, 0.2) is 5.84 Å². The Morgan fingerprint density at radius 1 is 1.65 bits per heavy atom. The number of hydrogen-bond acceptors (Lipinski definition) is 5. The van der Waals surface area contributed by atoms with E-state index in [2.05, 4.69) is 29.1 Å². The molecule has 0 bridgehead atoms. The Morgan fingerprint density at radius 2 is 2.35 bits per heavy atom. The Morgan fingerprint density at radius 3 is 2.94 bits per heavy atom. The molecule has 0 aromatic carbocycles. The lowest BCUT2D eigenvalue weighted by Gasteiger charge is -2.16. The van der Waals surface area contributed by atoms with Crippen molar-refractivity contribution in [1.82, 2.24) is 19.7 Å². The second-order valence-corrected chi connectivity index (χ2v) is 4.52. The van der Waals surface area contributed by atoms with Crippen LogP contribution in [0.15, 0.2) is 11.5 Å². The highest BCUT2D eigenvalue weighted by Crippen LogP contribution is 2.03. The number of aromatic nitrogens is 3. The van der Waals surface area contributed by atoms with Crippen molar-refractivity contribution in [3.8, 4) is 0 Å². The van der Waals surface area contributed by atoms with Gasteiger partial charge < -0.3 is 10.9 Å². The topological polar surface area (TPSA) is 92.6 Å². The summed E-state index contributed by atoms with van der Waals surface area (Å²) in [5.41, 5.74) is 5.44. The molecule has 1 aromatic heterocycles. The number of rotatable bonds is 6. The third-order valence-electron chi connectivity index (χ3n) is 2.21. The fraction of sp³-hybridized carbons (Fsp3) is 0.700. The van der Waals surface area contributed by atoms with Crippen LogP contribution in [0.3, 0.4) is 0 Å². The van der Waals surface area contributed by atoms with E-state index in [0.29, 0.717) is 19.0 Å². The van der Waals surface area contributed by atoms with Crippen LogP contribution in [-0.2, 0) is 13.1 Å². The molecule has 1 aromatic rings. The van der Waals surface area contributed by atoms with E-state index in [1.807, 2.05) is 16.6 Å². The Labute approximate surface area is 101 Å². The maximum absolute atomic E-state index is 8.49. The molecule has 96 valence electrons. The maximum atomic E-state index is 8.49. The molecule has 0 saturated carbocycles. The predicted octanol–water partition coefficient (Wildman–Crippen LogP) is 0.112. The molecule has 1 rings (SSSR count). The lowest BCUT2D eigenvalue weighted by Crippen LogP contribution is -2.31. The normalized spacial score (nSPS) is 12.6. The van der Waals surface area contributed by atoms with Crippen LogP contribution in [0.4, 0.5) is 0 Å². The second-order valence-electron chi connectivity index (χ2n) is 4.52. The zero-order valence-electron chi connectivity index (χ0n) is 10.5. The van der Waals surface area contributed by atoms with Crippen LogP contribution in [0.1, 0.15) is 19.7 Å². The van der Waals surface area contributed by atoms with E-state index in [9.17, 15) is 0 Å². The molecule has 1 heterocycles. The first-order valence-corrected chi connectivity index (χ1v) is 5.54. The molecule has 0 fully saturated rings. The molecular formula is C10H20N6O. The van der Waals surface area contributed by atoms with E-state index >= 15 is 0 Å². The predicted molar refractivity (Wildman–Crippen MR) is 64.6 cm³/mol. The Balaban J connectivity index is 2.59. The monoisotopic (exact) mass is 240 g/mol. The van der Waals surface area contributed by atoms with Crippen LogP contribution in [0.25, 0.3) is 0 Å². The minimum atomic E-state index is 0.183. The van der Waals surface area contributed by atoms with Gasteiger partial charge in [-0.15, -0.1) is 0 Å². The zero-order chi connectivity index (χ0) is 12.8. The van der Waals surface area contributed by atoms with Crippen LogP contribution in [0.2, 0.25) is 0 Å². The molecule has 0 aliphatic carbocycles. The standard InChI is InChI=1S/C10H20N6O/c1-8(2)4-16-10(12-7-13-16)6-15(3)5-9(11)14-17/h7-8,17H,4-6H2,1-3H3,(H2,11,14). The van der Waals surface area contributed by atoms with E-state index in [0.717, 1.165) is 12.4 Å². The van der Waals surface area contributed by atoms with Crippen molar-refractivity contribution in [2.24, 2.45) is 16.8 Å². The summed E-state index contributed by atoms with van der Waals surface area (Å²) in [4.78, 5) is 6.12. The summed E-state index contributed by atoms with van der Waals surface area (Å²) < 4.78 is 1.88. The van der Waals surface area contributed by atoms with E-state index in [4.69, 9.17) is 10.9 Å². The molecule has 3 N–H and O–H groups in total. The number of oxime groups is 1. The van der Waals surface area contributed by atoms with Crippen molar-refractivity contribution in [1.29, 1.82) is 0 Å². The summed E-state index contributed by atoms with van der Waals surface area (Å²) >= 11 is 0. The largest absolute Gasteiger partial charge is 0.409 e. The van der Waals surface area contributed by atoms with Gasteiger partial charge in [-0.2, -0.15) is 5.10 Å². The van der Waals surface area contributed by atoms with E-state index in [1.54, 1.807) is 6.33 Å². The van der Waals surface area contributed by atoms with Gasteiger partial charge in [0.1, 0.15) is 12.2 Å². The molecule has 0 amide bonds. The number of nitrogens with zero attached hydrogens (tertiary/aromatic N) is 5. The molecule has 7 nitrogen and oxygen atoms in total. The van der Waals surface area contributed by atoms with Crippen molar-refractivity contribution in [2.75, 3.05) is 13.6 Å². The molecule has 0 saturated heterocycles. The highest BCUT2D eigenvalue weighted by molar-refractivity contribution is 5.81. The van der Waals surface area contributed by atoms with Crippen LogP contribution in [0, 0.1) is 5.92 Å². The van der Waals surface area contributed by atoms with Crippen LogP contribution in [0.5, 0.6) is 0 Å². The van der Waals surface area contributed by atoms with Crippen LogP contribution < -0.4 is 5.73 Å². The third-order valence-corrected chi connectivity index (χ3v) is 2.21. The molecule has 0 unspecified atom stereocenters. The molecular weight excluding hydrogens is 220 g/mol. The maximum Gasteiger partial charge on any atom is 0.153 e. The zero-order valence-corrected chi connectivity index (χ0v) is 10.5. The summed E-state index contributed by atoms with van der Waals surface area (Å²) in [5.74, 6) is 1.58. The smallest absolute Gasteiger partial charge is 0.153 e. The van der Waals surface area contributed by atoms with Gasteiger partial charge in [0, 0.05) is 6.54 Å². The summed E-state index contributed by atoms with van der Waals surface area (Å²) in [6.45, 7) is 6.11. The summed E-state index contributed by atoms with van der Waals surface area (Å²) in [6, 6.07) is 0. The number of nitrogens with two attached hydrogens (primary N) is 1. The van der Waals surface area contributed by atoms with Crippen molar-refractivity contribution in [3.05, 3.63) is 12.2 Å². The Kier molecular flexibility index (Phi) is 4.89. The van der Waals surface area contributed by atoms with Gasteiger partial charge in [-0.1, -0.05) is 19.0 Å². The highest BCUT2D eigenvalue weighted by Gasteiger charge is 2.09. The molecule has 17 heavy (non-hydrogen) atoms. The summed E-state index contributed by atoms with van der Waals surface area (Å²) in [7, 11) is 1.88. The average molecular weight is 240 g/mol. The van der Waals surface area contributed by atoms with Gasteiger partial charge in [-0.05, 0) is 13.0 Å². The van der Waals surface area contributed by atoms with Gasteiger partial charge in [-0.25, -0.2) is 9.67 Å². The average Bonchev–Trinajstić information content (AvgIpc) is 2.64. The number of amidine groups is 1. The second kappa shape index (κ2) is 6.19. The highest BCUT2D eigenvalue weighted by atomic mass is 16.4. The van der Waals surface area contributed by atoms with Crippen molar-refractivity contribution >= 4 is 5.84 Å². The summed E-state index contributed by atoms with van der Waals surface area (Å²) in [5, 5.41) is 15.6. The molecule has 0 aliphatic rings. The van der Waals surface area contributed by atoms with Crippen molar-refractivity contribution in [2.45, 2.75) is 26.9 Å². The first-order chi connectivity index (χ1) is 8.02. The van der Waals surface area contributed by atoms with Crippen LogP contribution in [-0.4, -0.2) is 44.3 Å². The van der Waals surface area contributed by atoms with Gasteiger partial charge >= 0.3 is 0 Å². The van der Waals surface area contributed by atoms with Gasteiger partial charge in [-0.3, -0.25) is 4.90 Å². The van der Waals surface area contributed by atoms with Gasteiger partial charge in [0.05, 0.1) is 13.1 Å². The van der Waals surface area contributed by atoms with Crippen molar-refractivity contribution in [3.63, 3.8) is 0 Å². The Bertz CT molecular complexity index is 373. The fourth-order valence-corrected chi connectivity index (χ4v) is 1.51. The SMILES string of the molecule is CC(C)Cn1ncnc1CN(C)CC(N)=NO. The lowest BCUT2D eigenvalue weighted by molar-refractivity contribution is 0.304. The minimum Gasteiger partial charge on any atom is -0.409 e. The van der Waals surface area contributed by atoms with E-state index in [-0.39, 0.29) is 5.84 Å². The van der Waals surface area contributed by atoms with E-state index in [1.165, 1.54) is 0 Å². The third kappa shape index (κ3) is 4.39. The Hall–Kier alpha value is -1.63. The van der Waals surface area contributed by atoms with Crippen molar-refractivity contribution < 1.29 is 5.21 Å². The van der Waals surface area contributed by atoms with Gasteiger partial charge in [0.2, 0.25) is 0 Å². The lowest BCUT2D eigenvalue weighted by atomic mass is 10.2.